The first-order valence-electron chi connectivity index (χ1n) is 9.10. The number of nitrogens with zero attached hydrogens (tertiary/aromatic N) is 1. The average Bonchev–Trinajstić information content (AvgIpc) is 3.48. The number of benzene rings is 1. The molecule has 27 heavy (non-hydrogen) atoms. The molecule has 1 saturated carbocycles. The molecule has 0 aromatic heterocycles. The highest BCUT2D eigenvalue weighted by Crippen LogP contribution is 2.32. The van der Waals surface area contributed by atoms with Crippen LogP contribution in [-0.4, -0.2) is 41.9 Å². The zero-order valence-electron chi connectivity index (χ0n) is 15.0. The van der Waals surface area contributed by atoms with E-state index in [2.05, 4.69) is 5.32 Å². The van der Waals surface area contributed by atoms with Crippen LogP contribution in [0.4, 0.5) is 10.1 Å². The molecular formula is C19H22ClFN2O4. The Hall–Kier alpha value is -2.15. The first-order valence-corrected chi connectivity index (χ1v) is 9.48. The van der Waals surface area contributed by atoms with Crippen molar-refractivity contribution < 1.29 is 23.5 Å². The van der Waals surface area contributed by atoms with Crippen LogP contribution in [0.3, 0.4) is 0 Å². The number of amides is 2. The summed E-state index contributed by atoms with van der Waals surface area (Å²) in [6, 6.07) is 3.61. The summed E-state index contributed by atoms with van der Waals surface area (Å²) in [5.41, 5.74) is 0.248. The summed E-state index contributed by atoms with van der Waals surface area (Å²) in [4.78, 5) is 38.4. The van der Waals surface area contributed by atoms with Crippen LogP contribution in [0.5, 0.6) is 0 Å². The van der Waals surface area contributed by atoms with Crippen molar-refractivity contribution >= 4 is 35.1 Å². The molecule has 6 nitrogen and oxygen atoms in total. The summed E-state index contributed by atoms with van der Waals surface area (Å²) in [5, 5.41) is 2.58. The van der Waals surface area contributed by atoms with Crippen molar-refractivity contribution in [2.75, 3.05) is 18.4 Å². The van der Waals surface area contributed by atoms with Gasteiger partial charge in [0.05, 0.1) is 16.6 Å². The van der Waals surface area contributed by atoms with Crippen molar-refractivity contribution in [2.45, 2.75) is 38.7 Å². The third-order valence-corrected chi connectivity index (χ3v) is 5.23. The van der Waals surface area contributed by atoms with Gasteiger partial charge in [0.2, 0.25) is 5.91 Å². The number of rotatable bonds is 5. The van der Waals surface area contributed by atoms with E-state index in [0.717, 1.165) is 18.9 Å². The number of hydrogen-bond acceptors (Lipinski definition) is 4. The van der Waals surface area contributed by atoms with Gasteiger partial charge in [-0.15, -0.1) is 0 Å². The maximum atomic E-state index is 13.1. The van der Waals surface area contributed by atoms with E-state index in [9.17, 15) is 18.8 Å². The summed E-state index contributed by atoms with van der Waals surface area (Å²) in [6.07, 6.45) is 1.99. The number of hydrogen-bond donors (Lipinski definition) is 1. The number of carbonyl (C=O) groups is 3. The zero-order chi connectivity index (χ0) is 19.6. The van der Waals surface area contributed by atoms with Gasteiger partial charge in [-0.3, -0.25) is 14.4 Å². The van der Waals surface area contributed by atoms with Crippen molar-refractivity contribution in [2.24, 2.45) is 11.8 Å². The topological polar surface area (TPSA) is 75.7 Å². The van der Waals surface area contributed by atoms with Gasteiger partial charge in [0.15, 0.2) is 6.10 Å². The summed E-state index contributed by atoms with van der Waals surface area (Å²) in [5.74, 6) is -1.46. The Bertz CT molecular complexity index is 745. The number of ether oxygens (including phenoxy) is 1. The molecule has 1 heterocycles. The Balaban J connectivity index is 1.47. The van der Waals surface area contributed by atoms with E-state index >= 15 is 0 Å². The number of esters is 1. The van der Waals surface area contributed by atoms with Gasteiger partial charge < -0.3 is 15.0 Å². The highest BCUT2D eigenvalue weighted by molar-refractivity contribution is 6.33. The van der Waals surface area contributed by atoms with Crippen molar-refractivity contribution in [3.05, 3.63) is 29.0 Å². The van der Waals surface area contributed by atoms with Gasteiger partial charge in [0.25, 0.3) is 5.91 Å². The summed E-state index contributed by atoms with van der Waals surface area (Å²) >= 11 is 5.88. The molecule has 1 aromatic rings. The predicted molar refractivity (Wildman–Crippen MR) is 97.6 cm³/mol. The predicted octanol–water partition coefficient (Wildman–Crippen LogP) is 3.00. The third kappa shape index (κ3) is 4.97. The summed E-state index contributed by atoms with van der Waals surface area (Å²) < 4.78 is 18.3. The fourth-order valence-electron chi connectivity index (χ4n) is 3.07. The molecule has 0 bridgehead atoms. The van der Waals surface area contributed by atoms with Gasteiger partial charge >= 0.3 is 5.97 Å². The maximum Gasteiger partial charge on any atom is 0.309 e. The Morgan fingerprint density at radius 1 is 1.19 bits per heavy atom. The lowest BCUT2D eigenvalue weighted by molar-refractivity contribution is -0.159. The number of likely N-dealkylation sites (tertiary alicyclic amines) is 1. The Kier molecular flexibility index (Phi) is 5.99. The van der Waals surface area contributed by atoms with E-state index in [0.29, 0.717) is 25.9 Å². The van der Waals surface area contributed by atoms with Crippen LogP contribution in [0.1, 0.15) is 32.6 Å². The minimum atomic E-state index is -1.01. The molecule has 1 unspecified atom stereocenters. The molecule has 1 aliphatic carbocycles. The third-order valence-electron chi connectivity index (χ3n) is 4.92. The van der Waals surface area contributed by atoms with Crippen molar-refractivity contribution in [1.82, 2.24) is 4.90 Å². The van der Waals surface area contributed by atoms with Crippen LogP contribution in [0.15, 0.2) is 18.2 Å². The minimum Gasteiger partial charge on any atom is -0.452 e. The highest BCUT2D eigenvalue weighted by atomic mass is 35.5. The van der Waals surface area contributed by atoms with Crippen LogP contribution in [0.25, 0.3) is 0 Å². The first kappa shape index (κ1) is 19.6. The van der Waals surface area contributed by atoms with Crippen LogP contribution >= 0.6 is 11.6 Å². The number of piperidine rings is 1. The monoisotopic (exact) mass is 396 g/mol. The van der Waals surface area contributed by atoms with E-state index in [1.165, 1.54) is 19.1 Å². The standard InChI is InChI=1S/C19H22ClFN2O4/c1-11(17(24)22-16-5-4-14(21)10-15(16)20)27-19(26)13-6-8-23(9-7-13)18(25)12-2-3-12/h4-5,10-13H,2-3,6-9H2,1H3,(H,22,24). The van der Waals surface area contributed by atoms with E-state index in [1.54, 1.807) is 0 Å². The van der Waals surface area contributed by atoms with Crippen LogP contribution in [0.2, 0.25) is 5.02 Å². The van der Waals surface area contributed by atoms with E-state index in [-0.39, 0.29) is 28.5 Å². The van der Waals surface area contributed by atoms with E-state index in [4.69, 9.17) is 16.3 Å². The van der Waals surface area contributed by atoms with Gasteiger partial charge in [-0.25, -0.2) is 4.39 Å². The lowest BCUT2D eigenvalue weighted by atomic mass is 9.96. The number of anilines is 1. The molecule has 1 aromatic carbocycles. The van der Waals surface area contributed by atoms with E-state index < -0.39 is 23.8 Å². The van der Waals surface area contributed by atoms with Crippen LogP contribution in [-0.2, 0) is 19.1 Å². The molecular weight excluding hydrogens is 375 g/mol. The van der Waals surface area contributed by atoms with Gasteiger partial charge in [-0.1, -0.05) is 11.6 Å². The Morgan fingerprint density at radius 3 is 2.44 bits per heavy atom. The second-order valence-corrected chi connectivity index (χ2v) is 7.47. The lowest BCUT2D eigenvalue weighted by Gasteiger charge is -2.31. The minimum absolute atomic E-state index is 0.0644. The molecule has 2 fully saturated rings. The normalized spacial score (nSPS) is 18.7. The molecule has 1 saturated heterocycles. The van der Waals surface area contributed by atoms with Crippen molar-refractivity contribution in [1.29, 1.82) is 0 Å². The molecule has 2 aliphatic rings. The van der Waals surface area contributed by atoms with Gasteiger partial charge in [-0.05, 0) is 50.8 Å². The first-order chi connectivity index (χ1) is 12.8. The summed E-state index contributed by atoms with van der Waals surface area (Å²) in [7, 11) is 0. The summed E-state index contributed by atoms with van der Waals surface area (Å²) in [6.45, 7) is 2.55. The smallest absolute Gasteiger partial charge is 0.309 e. The van der Waals surface area contributed by atoms with Crippen LogP contribution < -0.4 is 5.32 Å². The van der Waals surface area contributed by atoms with Crippen molar-refractivity contribution in [3.63, 3.8) is 0 Å². The second-order valence-electron chi connectivity index (χ2n) is 7.07. The molecule has 1 atom stereocenters. The van der Waals surface area contributed by atoms with Crippen LogP contribution in [0, 0.1) is 17.7 Å². The largest absolute Gasteiger partial charge is 0.452 e. The molecule has 0 radical (unpaired) electrons. The average molecular weight is 397 g/mol. The molecule has 8 heteroatoms. The molecule has 2 amide bonds. The Labute approximate surface area is 162 Å². The number of halogens is 2. The van der Waals surface area contributed by atoms with E-state index in [1.807, 2.05) is 4.90 Å². The molecule has 1 aliphatic heterocycles. The van der Waals surface area contributed by atoms with Gasteiger partial charge in [0, 0.05) is 19.0 Å². The fourth-order valence-corrected chi connectivity index (χ4v) is 3.29. The van der Waals surface area contributed by atoms with Crippen molar-refractivity contribution in [3.8, 4) is 0 Å². The number of nitrogens with one attached hydrogen (secondary N) is 1. The fraction of sp³-hybridized carbons (Fsp3) is 0.526. The molecule has 146 valence electrons. The van der Waals surface area contributed by atoms with Gasteiger partial charge in [0.1, 0.15) is 5.82 Å². The molecule has 1 N–H and O–H groups in total. The Morgan fingerprint density at radius 2 is 1.85 bits per heavy atom. The zero-order valence-corrected chi connectivity index (χ0v) is 15.8. The molecule has 3 rings (SSSR count). The second kappa shape index (κ2) is 8.25. The quantitative estimate of drug-likeness (QED) is 0.776. The number of carbonyl (C=O) groups excluding carboxylic acids is 3. The van der Waals surface area contributed by atoms with Gasteiger partial charge in [-0.2, -0.15) is 0 Å². The highest BCUT2D eigenvalue weighted by Gasteiger charge is 2.36. The SMILES string of the molecule is CC(OC(=O)C1CCN(C(=O)C2CC2)CC1)C(=O)Nc1ccc(F)cc1Cl. The molecule has 0 spiro atoms. The maximum absolute atomic E-state index is 13.1. The lowest BCUT2D eigenvalue weighted by Crippen LogP contribution is -2.42.